The van der Waals surface area contributed by atoms with Gasteiger partial charge in [-0.15, -0.1) is 11.3 Å². The van der Waals surface area contributed by atoms with Gasteiger partial charge in [-0.3, -0.25) is 14.4 Å². The first kappa shape index (κ1) is 20.1. The maximum absolute atomic E-state index is 12.5. The van der Waals surface area contributed by atoms with E-state index in [1.807, 2.05) is 37.3 Å². The molecule has 1 aliphatic rings. The van der Waals surface area contributed by atoms with E-state index >= 15 is 0 Å². The van der Waals surface area contributed by atoms with E-state index in [2.05, 4.69) is 5.32 Å². The Labute approximate surface area is 168 Å². The van der Waals surface area contributed by atoms with Gasteiger partial charge >= 0.3 is 5.97 Å². The molecule has 3 N–H and O–H groups in total. The zero-order valence-corrected chi connectivity index (χ0v) is 16.8. The fourth-order valence-corrected chi connectivity index (χ4v) is 4.71. The smallest absolute Gasteiger partial charge is 0.307 e. The number of esters is 1. The number of hydrogen-bond acceptors (Lipinski definition) is 5. The first-order chi connectivity index (χ1) is 13.4. The molecule has 0 bridgehead atoms. The number of benzene rings is 1. The van der Waals surface area contributed by atoms with E-state index in [0.29, 0.717) is 10.6 Å². The van der Waals surface area contributed by atoms with Gasteiger partial charge in [-0.1, -0.05) is 37.3 Å². The first-order valence-electron chi connectivity index (χ1n) is 9.36. The number of aryl methyl sites for hydroxylation is 1. The monoisotopic (exact) mass is 400 g/mol. The van der Waals surface area contributed by atoms with Gasteiger partial charge in [-0.25, -0.2) is 0 Å². The lowest BCUT2D eigenvalue weighted by molar-refractivity contribution is -0.153. The van der Waals surface area contributed by atoms with Crippen LogP contribution in [0, 0.1) is 0 Å². The predicted molar refractivity (Wildman–Crippen MR) is 109 cm³/mol. The van der Waals surface area contributed by atoms with Crippen LogP contribution in [0.3, 0.4) is 0 Å². The third kappa shape index (κ3) is 4.42. The highest BCUT2D eigenvalue weighted by atomic mass is 32.1. The fourth-order valence-electron chi connectivity index (χ4n) is 3.41. The Hall–Kier alpha value is -2.67. The molecule has 2 amide bonds. The zero-order chi connectivity index (χ0) is 20.3. The molecule has 1 heterocycles. The molecular formula is C21H24N2O4S. The molecular weight excluding hydrogens is 376 g/mol. The van der Waals surface area contributed by atoms with Crippen molar-refractivity contribution in [3.63, 3.8) is 0 Å². The molecule has 0 aliphatic heterocycles. The normalized spacial score (nSPS) is 14.8. The van der Waals surface area contributed by atoms with Crippen LogP contribution in [0.15, 0.2) is 30.3 Å². The molecule has 7 heteroatoms. The Morgan fingerprint density at radius 2 is 1.89 bits per heavy atom. The summed E-state index contributed by atoms with van der Waals surface area (Å²) in [6.45, 7) is 3.46. The molecule has 0 fully saturated rings. The highest BCUT2D eigenvalue weighted by Crippen LogP contribution is 2.38. The summed E-state index contributed by atoms with van der Waals surface area (Å²) in [4.78, 5) is 37.6. The quantitative estimate of drug-likeness (QED) is 0.696. The van der Waals surface area contributed by atoms with Crippen LogP contribution in [0.25, 0.3) is 0 Å². The fraction of sp³-hybridized carbons (Fsp3) is 0.381. The molecule has 2 aromatic rings. The molecule has 0 saturated heterocycles. The number of hydrogen-bond donors (Lipinski definition) is 2. The SMILES string of the molecule is C[C@H](CC(=O)O[C@H](C)C(=O)Nc1sc2c(c1C(N)=O)CCC2)c1ccccc1. The molecule has 3 rings (SSSR count). The topological polar surface area (TPSA) is 98.5 Å². The maximum Gasteiger partial charge on any atom is 0.307 e. The summed E-state index contributed by atoms with van der Waals surface area (Å²) in [5, 5.41) is 3.16. The average Bonchev–Trinajstić information content (AvgIpc) is 3.22. The van der Waals surface area contributed by atoms with Crippen molar-refractivity contribution < 1.29 is 19.1 Å². The van der Waals surface area contributed by atoms with E-state index in [1.54, 1.807) is 0 Å². The Morgan fingerprint density at radius 1 is 1.18 bits per heavy atom. The number of nitrogens with one attached hydrogen (secondary N) is 1. The van der Waals surface area contributed by atoms with Crippen LogP contribution >= 0.6 is 11.3 Å². The largest absolute Gasteiger partial charge is 0.453 e. The molecule has 2 atom stereocenters. The molecule has 0 saturated carbocycles. The van der Waals surface area contributed by atoms with Gasteiger partial charge in [0.25, 0.3) is 11.8 Å². The summed E-state index contributed by atoms with van der Waals surface area (Å²) in [5.41, 5.74) is 7.87. The Kier molecular flexibility index (Phi) is 6.14. The molecule has 1 aromatic carbocycles. The minimum atomic E-state index is -0.965. The molecule has 1 aromatic heterocycles. The van der Waals surface area contributed by atoms with Crippen LogP contribution in [0.5, 0.6) is 0 Å². The van der Waals surface area contributed by atoms with Crippen LogP contribution in [0.2, 0.25) is 0 Å². The third-order valence-corrected chi connectivity index (χ3v) is 6.13. The number of rotatable bonds is 7. The second-order valence-electron chi connectivity index (χ2n) is 7.06. The maximum atomic E-state index is 12.5. The lowest BCUT2D eigenvalue weighted by atomic mass is 9.98. The van der Waals surface area contributed by atoms with Crippen molar-refractivity contribution in [3.8, 4) is 0 Å². The summed E-state index contributed by atoms with van der Waals surface area (Å²) in [6.07, 6.45) is 1.89. The zero-order valence-electron chi connectivity index (χ0n) is 16.0. The number of carbonyl (C=O) groups is 3. The average molecular weight is 401 g/mol. The standard InChI is InChI=1S/C21H24N2O4S/c1-12(14-7-4-3-5-8-14)11-17(24)27-13(2)20(26)23-21-18(19(22)25)15-9-6-10-16(15)28-21/h3-5,7-8,12-13H,6,9-11H2,1-2H3,(H2,22,25)(H,23,26)/t12-,13-/m1/s1. The Bertz CT molecular complexity index is 891. The van der Waals surface area contributed by atoms with Crippen molar-refractivity contribution >= 4 is 34.1 Å². The van der Waals surface area contributed by atoms with Crippen molar-refractivity contribution in [1.29, 1.82) is 0 Å². The van der Waals surface area contributed by atoms with E-state index in [9.17, 15) is 14.4 Å². The van der Waals surface area contributed by atoms with Gasteiger partial charge in [0.05, 0.1) is 12.0 Å². The number of primary amides is 1. The van der Waals surface area contributed by atoms with Crippen LogP contribution in [-0.2, 0) is 27.2 Å². The lowest BCUT2D eigenvalue weighted by Gasteiger charge is -2.16. The van der Waals surface area contributed by atoms with Crippen LogP contribution in [-0.4, -0.2) is 23.9 Å². The molecule has 1 aliphatic carbocycles. The van der Waals surface area contributed by atoms with Crippen molar-refractivity contribution in [3.05, 3.63) is 51.9 Å². The van der Waals surface area contributed by atoms with Crippen molar-refractivity contribution in [2.45, 2.75) is 51.6 Å². The summed E-state index contributed by atoms with van der Waals surface area (Å²) in [6, 6.07) is 9.66. The molecule has 28 heavy (non-hydrogen) atoms. The number of anilines is 1. The summed E-state index contributed by atoms with van der Waals surface area (Å²) in [5.74, 6) is -1.47. The number of thiophene rings is 1. The molecule has 0 radical (unpaired) electrons. The minimum absolute atomic E-state index is 0.00861. The van der Waals surface area contributed by atoms with Gasteiger partial charge in [-0.05, 0) is 43.2 Å². The highest BCUT2D eigenvalue weighted by Gasteiger charge is 2.28. The van der Waals surface area contributed by atoms with Crippen molar-refractivity contribution in [2.75, 3.05) is 5.32 Å². The van der Waals surface area contributed by atoms with E-state index in [0.717, 1.165) is 35.3 Å². The number of amides is 2. The van der Waals surface area contributed by atoms with Gasteiger partial charge in [0.1, 0.15) is 5.00 Å². The molecule has 0 unspecified atom stereocenters. The van der Waals surface area contributed by atoms with E-state index < -0.39 is 23.9 Å². The summed E-state index contributed by atoms with van der Waals surface area (Å²) in [7, 11) is 0. The number of fused-ring (bicyclic) bond motifs is 1. The highest BCUT2D eigenvalue weighted by molar-refractivity contribution is 7.17. The first-order valence-corrected chi connectivity index (χ1v) is 10.2. The number of ether oxygens (including phenoxy) is 1. The van der Waals surface area contributed by atoms with E-state index in [-0.39, 0.29) is 12.3 Å². The Morgan fingerprint density at radius 3 is 2.57 bits per heavy atom. The molecule has 148 valence electrons. The second-order valence-corrected chi connectivity index (χ2v) is 8.17. The predicted octanol–water partition coefficient (Wildman–Crippen LogP) is 3.40. The van der Waals surface area contributed by atoms with E-state index in [1.165, 1.54) is 18.3 Å². The second kappa shape index (κ2) is 8.56. The van der Waals surface area contributed by atoms with Crippen LogP contribution in [0.4, 0.5) is 5.00 Å². The number of carbonyl (C=O) groups excluding carboxylic acids is 3. The number of nitrogens with two attached hydrogens (primary N) is 1. The lowest BCUT2D eigenvalue weighted by Crippen LogP contribution is -2.30. The Balaban J connectivity index is 1.59. The van der Waals surface area contributed by atoms with Gasteiger partial charge in [0.2, 0.25) is 0 Å². The van der Waals surface area contributed by atoms with Crippen LogP contribution in [0.1, 0.15) is 59.0 Å². The van der Waals surface area contributed by atoms with Gasteiger partial charge in [0.15, 0.2) is 6.10 Å². The van der Waals surface area contributed by atoms with Crippen molar-refractivity contribution in [1.82, 2.24) is 0 Å². The summed E-state index contributed by atoms with van der Waals surface area (Å²) < 4.78 is 5.29. The van der Waals surface area contributed by atoms with Gasteiger partial charge in [-0.2, -0.15) is 0 Å². The summed E-state index contributed by atoms with van der Waals surface area (Å²) >= 11 is 1.38. The minimum Gasteiger partial charge on any atom is -0.453 e. The van der Waals surface area contributed by atoms with Gasteiger partial charge < -0.3 is 15.8 Å². The van der Waals surface area contributed by atoms with Crippen molar-refractivity contribution in [2.24, 2.45) is 5.73 Å². The molecule has 0 spiro atoms. The van der Waals surface area contributed by atoms with E-state index in [4.69, 9.17) is 10.5 Å². The third-order valence-electron chi connectivity index (χ3n) is 4.92. The van der Waals surface area contributed by atoms with Crippen LogP contribution < -0.4 is 11.1 Å². The van der Waals surface area contributed by atoms with Gasteiger partial charge in [0, 0.05) is 4.88 Å². The molecule has 6 nitrogen and oxygen atoms in total.